The summed E-state index contributed by atoms with van der Waals surface area (Å²) in [5.74, 6) is 1.98. The molecule has 0 spiro atoms. The van der Waals surface area contributed by atoms with Crippen molar-refractivity contribution in [3.63, 3.8) is 0 Å². The molecular formula is C24H27F3N4O3. The number of nitrogens with one attached hydrogen (secondary N) is 1. The van der Waals surface area contributed by atoms with Crippen molar-refractivity contribution < 1.29 is 27.4 Å². The first kappa shape index (κ1) is 24.0. The highest BCUT2D eigenvalue weighted by Gasteiger charge is 2.36. The zero-order valence-corrected chi connectivity index (χ0v) is 19.5. The van der Waals surface area contributed by atoms with Gasteiger partial charge in [-0.3, -0.25) is 0 Å². The summed E-state index contributed by atoms with van der Waals surface area (Å²) in [6, 6.07) is 7.35. The number of rotatable bonds is 7. The minimum absolute atomic E-state index is 0.0493. The number of ether oxygens (including phenoxy) is 3. The first-order chi connectivity index (χ1) is 16.1. The third kappa shape index (κ3) is 5.16. The second-order valence-electron chi connectivity index (χ2n) is 8.71. The Balaban J connectivity index is 1.66. The number of nitrogens with zero attached hydrogens (tertiary/aromatic N) is 3. The van der Waals surface area contributed by atoms with Crippen LogP contribution in [0.4, 0.5) is 19.0 Å². The molecule has 0 bridgehead atoms. The number of anilines is 1. The lowest BCUT2D eigenvalue weighted by molar-refractivity contribution is -0.141. The lowest BCUT2D eigenvalue weighted by atomic mass is 9.99. The Bertz CT molecular complexity index is 1180. The van der Waals surface area contributed by atoms with Gasteiger partial charge in [-0.2, -0.15) is 13.2 Å². The highest BCUT2D eigenvalue weighted by Crippen LogP contribution is 2.38. The van der Waals surface area contributed by atoms with Crippen LogP contribution >= 0.6 is 0 Å². The van der Waals surface area contributed by atoms with Crippen molar-refractivity contribution in [3.05, 3.63) is 47.5 Å². The van der Waals surface area contributed by atoms with Gasteiger partial charge in [-0.25, -0.2) is 15.0 Å². The second kappa shape index (κ2) is 9.25. The maximum Gasteiger partial charge on any atom is 0.433 e. The van der Waals surface area contributed by atoms with E-state index in [2.05, 4.69) is 20.3 Å². The van der Waals surface area contributed by atoms with Crippen LogP contribution in [0.5, 0.6) is 11.5 Å². The molecule has 1 fully saturated rings. The molecule has 1 N–H and O–H groups in total. The summed E-state index contributed by atoms with van der Waals surface area (Å²) in [6.07, 6.45) is -2.67. The molecule has 0 amide bonds. The first-order valence-electron chi connectivity index (χ1n) is 11.0. The van der Waals surface area contributed by atoms with Crippen LogP contribution in [0.25, 0.3) is 10.9 Å². The topological polar surface area (TPSA) is 78.4 Å². The van der Waals surface area contributed by atoms with Gasteiger partial charge in [0.1, 0.15) is 22.9 Å². The number of methoxy groups -OCH3 is 1. The Labute approximate surface area is 195 Å². The van der Waals surface area contributed by atoms with Crippen LogP contribution in [0.15, 0.2) is 30.3 Å². The molecule has 3 heterocycles. The normalized spacial score (nSPS) is 16.6. The van der Waals surface area contributed by atoms with E-state index in [4.69, 9.17) is 14.2 Å². The highest BCUT2D eigenvalue weighted by atomic mass is 19.4. The van der Waals surface area contributed by atoms with Crippen LogP contribution in [0.3, 0.4) is 0 Å². The standard InChI is InChI=1S/C24H27F3N4O3/c1-14-29-17-12-18(32-4)19(34-23(2,3)21-9-6-10-33-21)11-16(17)22(30-14)28-13-15-7-5-8-20(31-15)24(25,26)27/h5,7-8,11-12,21H,6,9-10,13H2,1-4H3,(H,28,29,30). The van der Waals surface area contributed by atoms with Gasteiger partial charge in [0.25, 0.3) is 0 Å². The molecule has 7 nitrogen and oxygen atoms in total. The number of aryl methyl sites for hydroxylation is 1. The van der Waals surface area contributed by atoms with Gasteiger partial charge in [0, 0.05) is 18.1 Å². The SMILES string of the molecule is COc1cc2nc(C)nc(NCc3cccc(C(F)(F)F)n3)c2cc1OC(C)(C)C1CCCO1. The van der Waals surface area contributed by atoms with Crippen molar-refractivity contribution in [2.45, 2.75) is 58.0 Å². The molecule has 182 valence electrons. The molecular weight excluding hydrogens is 449 g/mol. The molecule has 0 radical (unpaired) electrons. The van der Waals surface area contributed by atoms with Crippen molar-refractivity contribution >= 4 is 16.7 Å². The summed E-state index contributed by atoms with van der Waals surface area (Å²) in [7, 11) is 1.56. The van der Waals surface area contributed by atoms with Gasteiger partial charge in [-0.15, -0.1) is 0 Å². The zero-order valence-electron chi connectivity index (χ0n) is 19.5. The Morgan fingerprint density at radius 1 is 1.12 bits per heavy atom. The van der Waals surface area contributed by atoms with Gasteiger partial charge in [0.05, 0.1) is 31.0 Å². The molecule has 10 heteroatoms. The Morgan fingerprint density at radius 2 is 1.91 bits per heavy atom. The van der Waals surface area contributed by atoms with E-state index in [-0.39, 0.29) is 18.3 Å². The van der Waals surface area contributed by atoms with Crippen molar-refractivity contribution in [1.82, 2.24) is 15.0 Å². The Hall–Kier alpha value is -3.14. The van der Waals surface area contributed by atoms with Gasteiger partial charge in [-0.05, 0) is 51.8 Å². The van der Waals surface area contributed by atoms with Crippen molar-refractivity contribution in [1.29, 1.82) is 0 Å². The molecule has 1 aliphatic rings. The molecule has 34 heavy (non-hydrogen) atoms. The minimum atomic E-state index is -4.51. The van der Waals surface area contributed by atoms with Gasteiger partial charge < -0.3 is 19.5 Å². The fraction of sp³-hybridized carbons (Fsp3) is 0.458. The third-order valence-corrected chi connectivity index (χ3v) is 5.71. The van der Waals surface area contributed by atoms with Crippen molar-refractivity contribution in [3.8, 4) is 11.5 Å². The van der Waals surface area contributed by atoms with Gasteiger partial charge in [0.2, 0.25) is 0 Å². The van der Waals surface area contributed by atoms with Crippen molar-refractivity contribution in [2.24, 2.45) is 0 Å². The fourth-order valence-electron chi connectivity index (χ4n) is 4.01. The number of pyridine rings is 1. The van der Waals surface area contributed by atoms with Gasteiger partial charge in [0.15, 0.2) is 11.5 Å². The van der Waals surface area contributed by atoms with Crippen LogP contribution in [0.1, 0.15) is 43.9 Å². The summed E-state index contributed by atoms with van der Waals surface area (Å²) in [4.78, 5) is 12.7. The van der Waals surface area contributed by atoms with E-state index >= 15 is 0 Å². The van der Waals surface area contributed by atoms with Crippen LogP contribution in [-0.4, -0.2) is 40.4 Å². The van der Waals surface area contributed by atoms with E-state index in [0.29, 0.717) is 40.7 Å². The monoisotopic (exact) mass is 476 g/mol. The Kier molecular flexibility index (Phi) is 6.53. The molecule has 1 aliphatic heterocycles. The predicted molar refractivity (Wildman–Crippen MR) is 121 cm³/mol. The van der Waals surface area contributed by atoms with E-state index < -0.39 is 17.5 Å². The number of fused-ring (bicyclic) bond motifs is 1. The largest absolute Gasteiger partial charge is 0.493 e. The number of aromatic nitrogens is 3. The first-order valence-corrected chi connectivity index (χ1v) is 11.0. The summed E-state index contributed by atoms with van der Waals surface area (Å²) in [5, 5.41) is 3.75. The maximum atomic E-state index is 13.0. The van der Waals surface area contributed by atoms with Crippen LogP contribution < -0.4 is 14.8 Å². The summed E-state index contributed by atoms with van der Waals surface area (Å²) in [6.45, 7) is 6.44. The Morgan fingerprint density at radius 3 is 2.59 bits per heavy atom. The lowest BCUT2D eigenvalue weighted by Crippen LogP contribution is -2.41. The third-order valence-electron chi connectivity index (χ3n) is 5.71. The fourth-order valence-corrected chi connectivity index (χ4v) is 4.01. The maximum absolute atomic E-state index is 13.0. The number of hydrogen-bond donors (Lipinski definition) is 1. The molecule has 1 saturated heterocycles. The lowest BCUT2D eigenvalue weighted by Gasteiger charge is -2.32. The van der Waals surface area contributed by atoms with E-state index in [9.17, 15) is 13.2 Å². The number of hydrogen-bond acceptors (Lipinski definition) is 7. The highest BCUT2D eigenvalue weighted by molar-refractivity contribution is 5.91. The summed E-state index contributed by atoms with van der Waals surface area (Å²) >= 11 is 0. The molecule has 1 aromatic carbocycles. The van der Waals surface area contributed by atoms with Crippen LogP contribution in [0.2, 0.25) is 0 Å². The van der Waals surface area contributed by atoms with Crippen LogP contribution in [0, 0.1) is 6.92 Å². The zero-order chi connectivity index (χ0) is 24.5. The summed E-state index contributed by atoms with van der Waals surface area (Å²) in [5.41, 5.74) is -0.680. The van der Waals surface area contributed by atoms with Gasteiger partial charge >= 0.3 is 6.18 Å². The molecule has 0 saturated carbocycles. The predicted octanol–water partition coefficient (Wildman–Crippen LogP) is 5.31. The van der Waals surface area contributed by atoms with Gasteiger partial charge in [-0.1, -0.05) is 6.07 Å². The van der Waals surface area contributed by atoms with E-state index in [0.717, 1.165) is 18.9 Å². The van der Waals surface area contributed by atoms with E-state index in [1.807, 2.05) is 13.8 Å². The van der Waals surface area contributed by atoms with Crippen molar-refractivity contribution in [2.75, 3.05) is 19.0 Å². The number of alkyl halides is 3. The van der Waals surface area contributed by atoms with E-state index in [1.165, 1.54) is 12.1 Å². The smallest absolute Gasteiger partial charge is 0.433 e. The average molecular weight is 476 g/mol. The number of halogens is 3. The second-order valence-corrected chi connectivity index (χ2v) is 8.71. The molecule has 3 aromatic rings. The molecule has 1 unspecified atom stereocenters. The quantitative estimate of drug-likeness (QED) is 0.495. The molecule has 2 aromatic heterocycles. The molecule has 1 atom stereocenters. The number of benzene rings is 1. The van der Waals surface area contributed by atoms with Crippen LogP contribution in [-0.2, 0) is 17.5 Å². The minimum Gasteiger partial charge on any atom is -0.493 e. The average Bonchev–Trinajstić information content (AvgIpc) is 3.33. The summed E-state index contributed by atoms with van der Waals surface area (Å²) < 4.78 is 56.8. The van der Waals surface area contributed by atoms with E-state index in [1.54, 1.807) is 26.2 Å². The molecule has 0 aliphatic carbocycles. The molecule has 4 rings (SSSR count).